The molecule has 0 saturated heterocycles. The van der Waals surface area contributed by atoms with Crippen LogP contribution >= 0.6 is 0 Å². The number of fused-ring (bicyclic) bond motifs is 1. The number of rotatable bonds is 2. The lowest BCUT2D eigenvalue weighted by Crippen LogP contribution is -2.32. The lowest BCUT2D eigenvalue weighted by atomic mass is 10.00. The molecule has 0 aromatic heterocycles. The summed E-state index contributed by atoms with van der Waals surface area (Å²) < 4.78 is 38.0. The smallest absolute Gasteiger partial charge is 0.352 e. The normalized spacial score (nSPS) is 13.6. The number of anilines is 2. The molecule has 0 saturated carbocycles. The van der Waals surface area contributed by atoms with Gasteiger partial charge < -0.3 is 16.0 Å². The van der Waals surface area contributed by atoms with Crippen molar-refractivity contribution in [3.8, 4) is 0 Å². The zero-order valence-electron chi connectivity index (χ0n) is 12.9. The van der Waals surface area contributed by atoms with Crippen molar-refractivity contribution in [3.63, 3.8) is 0 Å². The van der Waals surface area contributed by atoms with E-state index in [0.717, 1.165) is 17.7 Å². The van der Waals surface area contributed by atoms with Crippen LogP contribution in [0.3, 0.4) is 0 Å². The second-order valence-electron chi connectivity index (χ2n) is 5.54. The lowest BCUT2D eigenvalue weighted by molar-refractivity contribution is -0.137. The minimum atomic E-state index is -4.49. The molecule has 0 aliphatic carbocycles. The molecule has 25 heavy (non-hydrogen) atoms. The first-order chi connectivity index (χ1) is 11.8. The molecular weight excluding hydrogens is 335 g/mol. The average molecular weight is 349 g/mol. The van der Waals surface area contributed by atoms with Gasteiger partial charge >= 0.3 is 12.2 Å². The fraction of sp³-hybridized carbons (Fsp3) is 0.176. The molecule has 1 aliphatic heterocycles. The van der Waals surface area contributed by atoms with E-state index >= 15 is 0 Å². The van der Waals surface area contributed by atoms with Gasteiger partial charge in [0.15, 0.2) is 0 Å². The van der Waals surface area contributed by atoms with E-state index in [-0.39, 0.29) is 11.6 Å². The zero-order valence-corrected chi connectivity index (χ0v) is 12.9. The van der Waals surface area contributed by atoms with Gasteiger partial charge in [0.05, 0.1) is 5.56 Å². The molecule has 0 atom stereocenters. The SMILES string of the molecule is O=C(Nc1cccc(C(F)(F)F)c1)Nc1ccc2c(c1)C(=O)NCC2. The van der Waals surface area contributed by atoms with Crippen LogP contribution in [-0.4, -0.2) is 18.5 Å². The minimum absolute atomic E-state index is 0.0167. The van der Waals surface area contributed by atoms with Crippen molar-refractivity contribution in [2.24, 2.45) is 0 Å². The fourth-order valence-electron chi connectivity index (χ4n) is 2.56. The molecule has 3 amide bonds. The van der Waals surface area contributed by atoms with Gasteiger partial charge in [-0.3, -0.25) is 4.79 Å². The molecule has 2 aromatic rings. The van der Waals surface area contributed by atoms with Gasteiger partial charge in [0.2, 0.25) is 0 Å². The Hall–Kier alpha value is -3.03. The highest BCUT2D eigenvalue weighted by Gasteiger charge is 2.30. The number of carbonyl (C=O) groups is 2. The summed E-state index contributed by atoms with van der Waals surface area (Å²) in [4.78, 5) is 23.8. The maximum atomic E-state index is 12.7. The number of hydrogen-bond acceptors (Lipinski definition) is 2. The molecule has 1 aliphatic rings. The van der Waals surface area contributed by atoms with Crippen LogP contribution in [0.5, 0.6) is 0 Å². The minimum Gasteiger partial charge on any atom is -0.352 e. The molecule has 0 fully saturated rings. The summed E-state index contributed by atoms with van der Waals surface area (Å²) >= 11 is 0. The quantitative estimate of drug-likeness (QED) is 0.775. The summed E-state index contributed by atoms with van der Waals surface area (Å²) in [5.41, 5.74) is 0.898. The molecule has 1 heterocycles. The van der Waals surface area contributed by atoms with Gasteiger partial charge in [-0.15, -0.1) is 0 Å². The average Bonchev–Trinajstić information content (AvgIpc) is 2.55. The number of urea groups is 1. The Morgan fingerprint density at radius 1 is 1.04 bits per heavy atom. The number of halogens is 3. The maximum Gasteiger partial charge on any atom is 0.416 e. The van der Waals surface area contributed by atoms with E-state index in [1.54, 1.807) is 12.1 Å². The lowest BCUT2D eigenvalue weighted by Gasteiger charge is -2.17. The monoisotopic (exact) mass is 349 g/mol. The van der Waals surface area contributed by atoms with Crippen LogP contribution < -0.4 is 16.0 Å². The van der Waals surface area contributed by atoms with E-state index in [9.17, 15) is 22.8 Å². The van der Waals surface area contributed by atoms with Crippen molar-refractivity contribution in [2.75, 3.05) is 17.2 Å². The molecular formula is C17H14F3N3O2. The van der Waals surface area contributed by atoms with Crippen molar-refractivity contribution in [3.05, 3.63) is 59.2 Å². The van der Waals surface area contributed by atoms with E-state index < -0.39 is 17.8 Å². The molecule has 0 radical (unpaired) electrons. The molecule has 0 bridgehead atoms. The van der Waals surface area contributed by atoms with Gasteiger partial charge in [0.1, 0.15) is 0 Å². The summed E-state index contributed by atoms with van der Waals surface area (Å²) in [5, 5.41) is 7.56. The number of carbonyl (C=O) groups excluding carboxylic acids is 2. The van der Waals surface area contributed by atoms with Crippen LogP contribution in [0.2, 0.25) is 0 Å². The van der Waals surface area contributed by atoms with E-state index in [1.807, 2.05) is 0 Å². The second kappa shape index (κ2) is 6.46. The molecule has 0 unspecified atom stereocenters. The molecule has 130 valence electrons. The third-order valence-corrected chi connectivity index (χ3v) is 3.74. The van der Waals surface area contributed by atoms with Crippen LogP contribution in [-0.2, 0) is 12.6 Å². The van der Waals surface area contributed by atoms with Gasteiger partial charge in [0, 0.05) is 23.5 Å². The number of hydrogen-bond donors (Lipinski definition) is 3. The Bertz CT molecular complexity index is 834. The Labute approximate surface area is 141 Å². The first-order valence-electron chi connectivity index (χ1n) is 7.49. The summed E-state index contributed by atoms with van der Waals surface area (Å²) in [5.74, 6) is -0.219. The summed E-state index contributed by atoms with van der Waals surface area (Å²) in [6.45, 7) is 0.564. The van der Waals surface area contributed by atoms with E-state index in [0.29, 0.717) is 24.2 Å². The first kappa shape index (κ1) is 16.8. The van der Waals surface area contributed by atoms with Gasteiger partial charge in [-0.2, -0.15) is 13.2 Å². The summed E-state index contributed by atoms with van der Waals surface area (Å²) in [7, 11) is 0. The van der Waals surface area contributed by atoms with Crippen molar-refractivity contribution in [1.29, 1.82) is 0 Å². The number of benzene rings is 2. The van der Waals surface area contributed by atoms with Crippen molar-refractivity contribution < 1.29 is 22.8 Å². The van der Waals surface area contributed by atoms with Crippen molar-refractivity contribution >= 4 is 23.3 Å². The highest BCUT2D eigenvalue weighted by molar-refractivity contribution is 6.02. The predicted molar refractivity (Wildman–Crippen MR) is 86.6 cm³/mol. The Morgan fingerprint density at radius 3 is 2.48 bits per heavy atom. The van der Waals surface area contributed by atoms with Crippen LogP contribution in [0.1, 0.15) is 21.5 Å². The summed E-state index contributed by atoms with van der Waals surface area (Å²) in [6.07, 6.45) is -3.78. The fourth-order valence-corrected chi connectivity index (χ4v) is 2.56. The molecule has 0 spiro atoms. The van der Waals surface area contributed by atoms with Crippen LogP contribution in [0.25, 0.3) is 0 Å². The Morgan fingerprint density at radius 2 is 1.76 bits per heavy atom. The first-order valence-corrected chi connectivity index (χ1v) is 7.49. The van der Waals surface area contributed by atoms with E-state index in [2.05, 4.69) is 16.0 Å². The molecule has 3 N–H and O–H groups in total. The van der Waals surface area contributed by atoms with Crippen LogP contribution in [0.15, 0.2) is 42.5 Å². The van der Waals surface area contributed by atoms with Gasteiger partial charge in [-0.05, 0) is 42.3 Å². The van der Waals surface area contributed by atoms with Crippen molar-refractivity contribution in [1.82, 2.24) is 5.32 Å². The summed E-state index contributed by atoms with van der Waals surface area (Å²) in [6, 6.07) is 8.56. The zero-order chi connectivity index (χ0) is 18.0. The van der Waals surface area contributed by atoms with Gasteiger partial charge in [-0.1, -0.05) is 12.1 Å². The van der Waals surface area contributed by atoms with Gasteiger partial charge in [-0.25, -0.2) is 4.79 Å². The Balaban J connectivity index is 1.71. The molecule has 8 heteroatoms. The highest BCUT2D eigenvalue weighted by atomic mass is 19.4. The largest absolute Gasteiger partial charge is 0.416 e. The van der Waals surface area contributed by atoms with Crippen LogP contribution in [0.4, 0.5) is 29.3 Å². The van der Waals surface area contributed by atoms with E-state index in [4.69, 9.17) is 0 Å². The Kier molecular flexibility index (Phi) is 4.35. The third kappa shape index (κ3) is 3.90. The number of alkyl halides is 3. The third-order valence-electron chi connectivity index (χ3n) is 3.74. The standard InChI is InChI=1S/C17H14F3N3O2/c18-17(19,20)11-2-1-3-12(8-11)22-16(25)23-13-5-4-10-6-7-21-15(24)14(10)9-13/h1-5,8-9H,6-7H2,(H,21,24)(H2,22,23,25). The maximum absolute atomic E-state index is 12.7. The van der Waals surface area contributed by atoms with Crippen LogP contribution in [0, 0.1) is 0 Å². The number of nitrogens with one attached hydrogen (secondary N) is 3. The van der Waals surface area contributed by atoms with E-state index in [1.165, 1.54) is 18.2 Å². The predicted octanol–water partition coefficient (Wildman–Crippen LogP) is 3.64. The molecule has 5 nitrogen and oxygen atoms in total. The molecule has 2 aromatic carbocycles. The van der Waals surface area contributed by atoms with Gasteiger partial charge in [0.25, 0.3) is 5.91 Å². The number of amides is 3. The highest BCUT2D eigenvalue weighted by Crippen LogP contribution is 2.30. The van der Waals surface area contributed by atoms with Crippen molar-refractivity contribution in [2.45, 2.75) is 12.6 Å². The topological polar surface area (TPSA) is 70.2 Å². The second-order valence-corrected chi connectivity index (χ2v) is 5.54. The molecule has 3 rings (SSSR count).